The molecule has 0 saturated heterocycles. The van der Waals surface area contributed by atoms with Crippen molar-refractivity contribution >= 4 is 0 Å². The Morgan fingerprint density at radius 3 is 2.63 bits per heavy atom. The number of ether oxygens (including phenoxy) is 1. The molecule has 1 atom stereocenters. The zero-order valence-electron chi connectivity index (χ0n) is 11.7. The van der Waals surface area contributed by atoms with Crippen molar-refractivity contribution in [2.75, 3.05) is 7.11 Å². The van der Waals surface area contributed by atoms with E-state index in [2.05, 4.69) is 18.9 Å². The van der Waals surface area contributed by atoms with Gasteiger partial charge >= 0.3 is 0 Å². The average molecular weight is 259 g/mol. The Labute approximate surface area is 114 Å². The fourth-order valence-corrected chi connectivity index (χ4v) is 2.08. The van der Waals surface area contributed by atoms with Crippen LogP contribution in [0, 0.1) is 0 Å². The van der Waals surface area contributed by atoms with Crippen molar-refractivity contribution in [1.29, 1.82) is 0 Å². The average Bonchev–Trinajstić information content (AvgIpc) is 2.87. The minimum atomic E-state index is -0.105. The van der Waals surface area contributed by atoms with Crippen LogP contribution >= 0.6 is 0 Å². The topological polar surface area (TPSA) is 53.1 Å². The van der Waals surface area contributed by atoms with Gasteiger partial charge in [-0.1, -0.05) is 18.2 Å². The quantitative estimate of drug-likeness (QED) is 0.898. The van der Waals surface area contributed by atoms with Crippen molar-refractivity contribution in [2.45, 2.75) is 32.4 Å². The molecular formula is C15H21N3O. The summed E-state index contributed by atoms with van der Waals surface area (Å²) in [7, 11) is 1.67. The molecule has 4 heteroatoms. The second-order valence-electron chi connectivity index (χ2n) is 4.93. The standard InChI is InChI=1S/C15H21N3O/c1-11(2)18-9-8-12(17-18)10-14(16)13-6-4-5-7-15(13)19-3/h4-9,11,14H,10,16H2,1-3H3. The van der Waals surface area contributed by atoms with Crippen molar-refractivity contribution in [3.05, 3.63) is 47.8 Å². The van der Waals surface area contributed by atoms with Crippen LogP contribution < -0.4 is 10.5 Å². The molecule has 19 heavy (non-hydrogen) atoms. The van der Waals surface area contributed by atoms with E-state index in [1.54, 1.807) is 7.11 Å². The van der Waals surface area contributed by atoms with E-state index in [1.165, 1.54) is 0 Å². The molecule has 102 valence electrons. The molecule has 0 aliphatic carbocycles. The maximum atomic E-state index is 6.26. The number of hydrogen-bond acceptors (Lipinski definition) is 3. The molecule has 1 aromatic heterocycles. The molecule has 0 amide bonds. The molecule has 2 aromatic rings. The molecule has 0 spiro atoms. The number of methoxy groups -OCH3 is 1. The Morgan fingerprint density at radius 2 is 2.00 bits per heavy atom. The predicted octanol–water partition coefficient (Wildman–Crippen LogP) is 2.72. The van der Waals surface area contributed by atoms with Crippen molar-refractivity contribution in [1.82, 2.24) is 9.78 Å². The minimum Gasteiger partial charge on any atom is -0.496 e. The van der Waals surface area contributed by atoms with Crippen molar-refractivity contribution < 1.29 is 4.74 Å². The molecular weight excluding hydrogens is 238 g/mol. The van der Waals surface area contributed by atoms with E-state index < -0.39 is 0 Å². The molecule has 0 aliphatic rings. The van der Waals surface area contributed by atoms with Crippen LogP contribution in [0.1, 0.15) is 37.2 Å². The molecule has 1 aromatic carbocycles. The lowest BCUT2D eigenvalue weighted by atomic mass is 10.0. The highest BCUT2D eigenvalue weighted by atomic mass is 16.5. The normalized spacial score (nSPS) is 12.7. The summed E-state index contributed by atoms with van der Waals surface area (Å²) in [5, 5.41) is 4.53. The van der Waals surface area contributed by atoms with Gasteiger partial charge in [0.25, 0.3) is 0 Å². The molecule has 2 N–H and O–H groups in total. The number of aromatic nitrogens is 2. The van der Waals surface area contributed by atoms with Gasteiger partial charge in [0.05, 0.1) is 12.8 Å². The number of nitrogens with zero attached hydrogens (tertiary/aromatic N) is 2. The number of para-hydroxylation sites is 1. The van der Waals surface area contributed by atoms with Gasteiger partial charge in [0, 0.05) is 30.3 Å². The van der Waals surface area contributed by atoms with Crippen LogP contribution in [-0.4, -0.2) is 16.9 Å². The van der Waals surface area contributed by atoms with Gasteiger partial charge in [-0.3, -0.25) is 4.68 Å². The Balaban J connectivity index is 2.13. The molecule has 0 saturated carbocycles. The Morgan fingerprint density at radius 1 is 1.26 bits per heavy atom. The summed E-state index contributed by atoms with van der Waals surface area (Å²) in [5.74, 6) is 0.832. The van der Waals surface area contributed by atoms with E-state index in [-0.39, 0.29) is 6.04 Å². The van der Waals surface area contributed by atoms with Gasteiger partial charge in [-0.05, 0) is 26.0 Å². The van der Waals surface area contributed by atoms with E-state index in [1.807, 2.05) is 41.2 Å². The molecule has 0 bridgehead atoms. The van der Waals surface area contributed by atoms with E-state index >= 15 is 0 Å². The minimum absolute atomic E-state index is 0.105. The molecule has 0 fully saturated rings. The summed E-state index contributed by atoms with van der Waals surface area (Å²) in [4.78, 5) is 0. The summed E-state index contributed by atoms with van der Waals surface area (Å²) in [6, 6.07) is 10.1. The highest BCUT2D eigenvalue weighted by Crippen LogP contribution is 2.25. The van der Waals surface area contributed by atoms with Gasteiger partial charge in [0.15, 0.2) is 0 Å². The summed E-state index contributed by atoms with van der Waals surface area (Å²) in [6.07, 6.45) is 2.70. The van der Waals surface area contributed by atoms with Crippen molar-refractivity contribution in [2.24, 2.45) is 5.73 Å². The molecule has 4 nitrogen and oxygen atoms in total. The van der Waals surface area contributed by atoms with Gasteiger partial charge in [-0.15, -0.1) is 0 Å². The number of nitrogens with two attached hydrogens (primary N) is 1. The summed E-state index contributed by atoms with van der Waals surface area (Å²) in [5.41, 5.74) is 8.28. The molecule has 0 aliphatic heterocycles. The Kier molecular flexibility index (Phi) is 4.22. The molecule has 2 rings (SSSR count). The third-order valence-corrected chi connectivity index (χ3v) is 3.16. The summed E-state index contributed by atoms with van der Waals surface area (Å²) < 4.78 is 7.29. The molecule has 0 radical (unpaired) electrons. The first-order valence-corrected chi connectivity index (χ1v) is 6.54. The SMILES string of the molecule is COc1ccccc1C(N)Cc1ccn(C(C)C)n1. The van der Waals surface area contributed by atoms with Crippen LogP contribution in [0.2, 0.25) is 0 Å². The van der Waals surface area contributed by atoms with Crippen LogP contribution in [0.3, 0.4) is 0 Å². The third-order valence-electron chi connectivity index (χ3n) is 3.16. The first-order chi connectivity index (χ1) is 9.11. The van der Waals surface area contributed by atoms with Gasteiger partial charge in [0.1, 0.15) is 5.75 Å². The van der Waals surface area contributed by atoms with Gasteiger partial charge in [-0.25, -0.2) is 0 Å². The van der Waals surface area contributed by atoms with Crippen LogP contribution in [0.4, 0.5) is 0 Å². The van der Waals surface area contributed by atoms with E-state index in [9.17, 15) is 0 Å². The zero-order chi connectivity index (χ0) is 13.8. The molecule has 1 heterocycles. The third kappa shape index (κ3) is 3.15. The number of hydrogen-bond donors (Lipinski definition) is 1. The smallest absolute Gasteiger partial charge is 0.123 e. The van der Waals surface area contributed by atoms with Gasteiger partial charge in [0.2, 0.25) is 0 Å². The first kappa shape index (κ1) is 13.6. The number of rotatable bonds is 5. The van der Waals surface area contributed by atoms with E-state index in [0.29, 0.717) is 12.5 Å². The predicted molar refractivity (Wildman–Crippen MR) is 76.2 cm³/mol. The Bertz CT molecular complexity index is 534. The van der Waals surface area contributed by atoms with Crippen LogP contribution in [-0.2, 0) is 6.42 Å². The van der Waals surface area contributed by atoms with Gasteiger partial charge in [-0.2, -0.15) is 5.10 Å². The summed E-state index contributed by atoms with van der Waals surface area (Å²) >= 11 is 0. The molecule has 1 unspecified atom stereocenters. The van der Waals surface area contributed by atoms with Crippen molar-refractivity contribution in [3.63, 3.8) is 0 Å². The highest BCUT2D eigenvalue weighted by molar-refractivity contribution is 5.36. The van der Waals surface area contributed by atoms with E-state index in [0.717, 1.165) is 17.0 Å². The maximum absolute atomic E-state index is 6.26. The second kappa shape index (κ2) is 5.89. The monoisotopic (exact) mass is 259 g/mol. The fourth-order valence-electron chi connectivity index (χ4n) is 2.08. The van der Waals surface area contributed by atoms with Crippen LogP contribution in [0.15, 0.2) is 36.5 Å². The highest BCUT2D eigenvalue weighted by Gasteiger charge is 2.13. The number of benzene rings is 1. The lowest BCUT2D eigenvalue weighted by Gasteiger charge is -2.14. The largest absolute Gasteiger partial charge is 0.496 e. The van der Waals surface area contributed by atoms with Crippen LogP contribution in [0.5, 0.6) is 5.75 Å². The van der Waals surface area contributed by atoms with E-state index in [4.69, 9.17) is 10.5 Å². The zero-order valence-corrected chi connectivity index (χ0v) is 11.7. The van der Waals surface area contributed by atoms with Gasteiger partial charge < -0.3 is 10.5 Å². The first-order valence-electron chi connectivity index (χ1n) is 6.54. The second-order valence-corrected chi connectivity index (χ2v) is 4.93. The van der Waals surface area contributed by atoms with Crippen LogP contribution in [0.25, 0.3) is 0 Å². The lowest BCUT2D eigenvalue weighted by molar-refractivity contribution is 0.405. The lowest BCUT2D eigenvalue weighted by Crippen LogP contribution is -2.15. The van der Waals surface area contributed by atoms with Crippen molar-refractivity contribution in [3.8, 4) is 5.75 Å². The maximum Gasteiger partial charge on any atom is 0.123 e. The summed E-state index contributed by atoms with van der Waals surface area (Å²) in [6.45, 7) is 4.22. The Hall–Kier alpha value is -1.81. The fraction of sp³-hybridized carbons (Fsp3) is 0.400.